The number of benzene rings is 2. The Kier molecular flexibility index (Phi) is 6.68. The van der Waals surface area contributed by atoms with Gasteiger partial charge in [-0.3, -0.25) is 4.40 Å². The number of pyridine rings is 1. The van der Waals surface area contributed by atoms with E-state index < -0.39 is 11.7 Å². The van der Waals surface area contributed by atoms with Crippen LogP contribution < -0.4 is 5.32 Å². The summed E-state index contributed by atoms with van der Waals surface area (Å²) in [5.41, 5.74) is 11.7. The zero-order chi connectivity index (χ0) is 26.7. The summed E-state index contributed by atoms with van der Waals surface area (Å²) in [6, 6.07) is 19.9. The quantitative estimate of drug-likeness (QED) is 0.138. The highest BCUT2D eigenvalue weighted by molar-refractivity contribution is 5.81. The average Bonchev–Trinajstić information content (AvgIpc) is 3.32. The van der Waals surface area contributed by atoms with Gasteiger partial charge in [0.25, 0.3) is 0 Å². The van der Waals surface area contributed by atoms with Crippen LogP contribution in [0.15, 0.2) is 90.3 Å². The van der Waals surface area contributed by atoms with E-state index >= 15 is 0 Å². The molecule has 0 radical (unpaired) electrons. The van der Waals surface area contributed by atoms with E-state index in [1.807, 2.05) is 37.3 Å². The van der Waals surface area contributed by atoms with Gasteiger partial charge >= 0.3 is 6.18 Å². The van der Waals surface area contributed by atoms with Crippen molar-refractivity contribution in [2.75, 3.05) is 5.32 Å². The van der Waals surface area contributed by atoms with E-state index in [-0.39, 0.29) is 18.2 Å². The van der Waals surface area contributed by atoms with Crippen molar-refractivity contribution >= 4 is 11.6 Å². The molecule has 11 heteroatoms. The summed E-state index contributed by atoms with van der Waals surface area (Å²) < 4.78 is 42.3. The lowest BCUT2D eigenvalue weighted by Gasteiger charge is -2.15. The Morgan fingerprint density at radius 1 is 1.03 bits per heavy atom. The number of fused-ring (bicyclic) bond motifs is 1. The van der Waals surface area contributed by atoms with Crippen molar-refractivity contribution in [1.82, 2.24) is 19.4 Å². The van der Waals surface area contributed by atoms with Gasteiger partial charge < -0.3 is 5.32 Å². The van der Waals surface area contributed by atoms with Crippen molar-refractivity contribution in [3.8, 4) is 22.6 Å². The molecule has 190 valence electrons. The molecule has 0 aliphatic rings. The summed E-state index contributed by atoms with van der Waals surface area (Å²) in [7, 11) is 0. The van der Waals surface area contributed by atoms with Gasteiger partial charge in [0.05, 0.1) is 35.2 Å². The molecule has 0 aliphatic heterocycles. The van der Waals surface area contributed by atoms with Gasteiger partial charge in [0, 0.05) is 28.4 Å². The molecule has 0 fully saturated rings. The number of imidazole rings is 1. The zero-order valence-electron chi connectivity index (χ0n) is 20.1. The van der Waals surface area contributed by atoms with E-state index in [2.05, 4.69) is 20.3 Å². The van der Waals surface area contributed by atoms with Crippen LogP contribution in [0.4, 0.5) is 19.1 Å². The van der Waals surface area contributed by atoms with E-state index in [4.69, 9.17) is 15.5 Å². The number of hydrogen-bond acceptors (Lipinski definition) is 5. The van der Waals surface area contributed by atoms with Gasteiger partial charge in [-0.1, -0.05) is 53.6 Å². The Labute approximate surface area is 215 Å². The monoisotopic (exact) mass is 514 g/mol. The number of rotatable bonds is 7. The second kappa shape index (κ2) is 10.2. The standard InChI is InChI=1S/C27H21F3N8/c1-17(18-7-3-2-4-8-18)34-26-32-13-12-22(35-26)24-23(19-9-5-11-21(15-19)27(28,29)30)36-25-20(16-33-37-31)10-6-14-38(24)25/h2-15,17H,16H2,1H3,(H,32,34,35)/t17-/m1/s1. The molecule has 0 saturated carbocycles. The maximum atomic E-state index is 13.5. The fourth-order valence-electron chi connectivity index (χ4n) is 4.22. The van der Waals surface area contributed by atoms with Gasteiger partial charge in [-0.25, -0.2) is 15.0 Å². The molecule has 0 amide bonds. The van der Waals surface area contributed by atoms with E-state index in [0.717, 1.165) is 17.7 Å². The first-order valence-electron chi connectivity index (χ1n) is 11.7. The number of hydrogen-bond donors (Lipinski definition) is 1. The molecular weight excluding hydrogens is 493 g/mol. The SMILES string of the molecule is C[C@@H](Nc1nccc(-c2c(-c3cccc(C(F)(F)F)c3)nc3c(CN=[N+]=[N-])cccn23)n1)c1ccccc1. The van der Waals surface area contributed by atoms with Crippen LogP contribution in [0.5, 0.6) is 0 Å². The molecule has 1 N–H and O–H groups in total. The first-order chi connectivity index (χ1) is 18.3. The molecule has 38 heavy (non-hydrogen) atoms. The predicted molar refractivity (Wildman–Crippen MR) is 138 cm³/mol. The van der Waals surface area contributed by atoms with E-state index in [1.165, 1.54) is 6.07 Å². The Balaban J connectivity index is 1.66. The molecule has 5 aromatic rings. The number of halogens is 3. The second-order valence-corrected chi connectivity index (χ2v) is 8.55. The Morgan fingerprint density at radius 2 is 1.84 bits per heavy atom. The van der Waals surface area contributed by atoms with Crippen LogP contribution in [-0.4, -0.2) is 19.4 Å². The summed E-state index contributed by atoms with van der Waals surface area (Å²) in [4.78, 5) is 16.6. The third-order valence-electron chi connectivity index (χ3n) is 6.04. The van der Waals surface area contributed by atoms with Crippen LogP contribution in [0.1, 0.15) is 29.7 Å². The molecule has 0 bridgehead atoms. The van der Waals surface area contributed by atoms with Crippen molar-refractivity contribution in [3.05, 3.63) is 112 Å². The minimum atomic E-state index is -4.51. The maximum absolute atomic E-state index is 13.5. The van der Waals surface area contributed by atoms with Gasteiger partial charge in [-0.15, -0.1) is 0 Å². The van der Waals surface area contributed by atoms with E-state index in [0.29, 0.717) is 34.2 Å². The highest BCUT2D eigenvalue weighted by Gasteiger charge is 2.31. The Hall–Kier alpha value is -4.89. The van der Waals surface area contributed by atoms with Crippen LogP contribution in [0, 0.1) is 0 Å². The molecule has 3 heterocycles. The highest BCUT2D eigenvalue weighted by atomic mass is 19.4. The third-order valence-corrected chi connectivity index (χ3v) is 6.04. The van der Waals surface area contributed by atoms with E-state index in [9.17, 15) is 13.2 Å². The normalized spacial score (nSPS) is 12.2. The molecule has 3 aromatic heterocycles. The number of anilines is 1. The minimum absolute atomic E-state index is 0.0322. The molecule has 8 nitrogen and oxygen atoms in total. The summed E-state index contributed by atoms with van der Waals surface area (Å²) in [6.07, 6.45) is -1.18. The lowest BCUT2D eigenvalue weighted by molar-refractivity contribution is -0.137. The number of azide groups is 1. The van der Waals surface area contributed by atoms with Crippen LogP contribution >= 0.6 is 0 Å². The first-order valence-corrected chi connectivity index (χ1v) is 11.7. The second-order valence-electron chi connectivity index (χ2n) is 8.55. The van der Waals surface area contributed by atoms with Crippen molar-refractivity contribution in [2.24, 2.45) is 5.11 Å². The lowest BCUT2D eigenvalue weighted by Crippen LogP contribution is -2.09. The summed E-state index contributed by atoms with van der Waals surface area (Å²) in [5.74, 6) is 0.356. The Morgan fingerprint density at radius 3 is 2.61 bits per heavy atom. The molecule has 5 rings (SSSR count). The van der Waals surface area contributed by atoms with Gasteiger partial charge in [0.1, 0.15) is 5.65 Å². The topological polar surface area (TPSA) is 104 Å². The summed E-state index contributed by atoms with van der Waals surface area (Å²) in [6.45, 7) is 2.01. The third kappa shape index (κ3) is 5.00. The predicted octanol–water partition coefficient (Wildman–Crippen LogP) is 7.46. The molecule has 0 unspecified atom stereocenters. The number of alkyl halides is 3. The summed E-state index contributed by atoms with van der Waals surface area (Å²) in [5, 5.41) is 6.92. The molecule has 1 atom stereocenters. The Bertz CT molecular complexity index is 1640. The van der Waals surface area contributed by atoms with E-state index in [1.54, 1.807) is 41.1 Å². The van der Waals surface area contributed by atoms with Gasteiger partial charge in [-0.2, -0.15) is 13.2 Å². The minimum Gasteiger partial charge on any atom is -0.348 e. The molecular formula is C27H21F3N8. The molecule has 0 saturated heterocycles. The van der Waals surface area contributed by atoms with Crippen LogP contribution in [0.2, 0.25) is 0 Å². The number of aromatic nitrogens is 4. The van der Waals surface area contributed by atoms with Crippen LogP contribution in [-0.2, 0) is 12.7 Å². The zero-order valence-corrected chi connectivity index (χ0v) is 20.1. The number of nitrogens with zero attached hydrogens (tertiary/aromatic N) is 7. The van der Waals surface area contributed by atoms with Gasteiger partial charge in [0.2, 0.25) is 5.95 Å². The van der Waals surface area contributed by atoms with Crippen LogP contribution in [0.3, 0.4) is 0 Å². The largest absolute Gasteiger partial charge is 0.416 e. The molecule has 0 aliphatic carbocycles. The van der Waals surface area contributed by atoms with Gasteiger partial charge in [0.15, 0.2) is 0 Å². The van der Waals surface area contributed by atoms with Crippen molar-refractivity contribution in [1.29, 1.82) is 0 Å². The fourth-order valence-corrected chi connectivity index (χ4v) is 4.22. The van der Waals surface area contributed by atoms with Crippen molar-refractivity contribution in [3.63, 3.8) is 0 Å². The summed E-state index contributed by atoms with van der Waals surface area (Å²) >= 11 is 0. The van der Waals surface area contributed by atoms with Crippen molar-refractivity contribution in [2.45, 2.75) is 25.7 Å². The lowest BCUT2D eigenvalue weighted by atomic mass is 10.0. The van der Waals surface area contributed by atoms with Gasteiger partial charge in [-0.05, 0) is 42.3 Å². The molecule has 2 aromatic carbocycles. The first kappa shape index (κ1) is 24.8. The number of nitrogens with one attached hydrogen (secondary N) is 1. The smallest absolute Gasteiger partial charge is 0.348 e. The highest BCUT2D eigenvalue weighted by Crippen LogP contribution is 2.37. The van der Waals surface area contributed by atoms with Crippen LogP contribution in [0.25, 0.3) is 38.7 Å². The average molecular weight is 515 g/mol. The molecule has 0 spiro atoms. The maximum Gasteiger partial charge on any atom is 0.416 e. The fraction of sp³-hybridized carbons (Fsp3) is 0.148. The van der Waals surface area contributed by atoms with Crippen molar-refractivity contribution < 1.29 is 13.2 Å².